The van der Waals surface area contributed by atoms with Crippen molar-refractivity contribution >= 4 is 63.2 Å². The first-order valence-electron chi connectivity index (χ1n) is 10.1. The fourth-order valence-electron chi connectivity index (χ4n) is 2.92. The summed E-state index contributed by atoms with van der Waals surface area (Å²) >= 11 is 2.88. The highest BCUT2D eigenvalue weighted by molar-refractivity contribution is 14.1. The molecule has 10 heteroatoms. The molecule has 0 unspecified atom stereocenters. The lowest BCUT2D eigenvalue weighted by atomic mass is 10.1. The van der Waals surface area contributed by atoms with Crippen molar-refractivity contribution in [2.45, 2.75) is 26.4 Å². The second-order valence-electron chi connectivity index (χ2n) is 7.20. The Labute approximate surface area is 208 Å². The van der Waals surface area contributed by atoms with E-state index < -0.39 is 29.4 Å². The normalized spacial score (nSPS) is 15.7. The van der Waals surface area contributed by atoms with E-state index in [0.717, 1.165) is 32.7 Å². The molecule has 3 rings (SSSR count). The fourth-order valence-corrected chi connectivity index (χ4v) is 4.51. The van der Waals surface area contributed by atoms with Crippen LogP contribution in [0.1, 0.15) is 25.8 Å². The van der Waals surface area contributed by atoms with Gasteiger partial charge in [0, 0.05) is 5.69 Å². The molecule has 2 aromatic rings. The van der Waals surface area contributed by atoms with Gasteiger partial charge in [-0.1, -0.05) is 13.0 Å². The van der Waals surface area contributed by atoms with Gasteiger partial charge in [0.15, 0.2) is 11.5 Å². The van der Waals surface area contributed by atoms with E-state index >= 15 is 0 Å². The van der Waals surface area contributed by atoms with Crippen molar-refractivity contribution in [2.75, 3.05) is 19.0 Å². The molecule has 1 atom stereocenters. The summed E-state index contributed by atoms with van der Waals surface area (Å²) in [5, 5.41) is 1.92. The highest BCUT2D eigenvalue weighted by Crippen LogP contribution is 2.37. The summed E-state index contributed by atoms with van der Waals surface area (Å²) in [4.78, 5) is 38.5. The Morgan fingerprint density at radius 2 is 2.06 bits per heavy atom. The van der Waals surface area contributed by atoms with E-state index in [0.29, 0.717) is 17.1 Å². The Morgan fingerprint density at radius 3 is 2.73 bits per heavy atom. The molecule has 0 aliphatic carbocycles. The number of rotatable bonds is 8. The van der Waals surface area contributed by atoms with Gasteiger partial charge in [-0.2, -0.15) is 0 Å². The topological polar surface area (TPSA) is 84.9 Å². The fraction of sp³-hybridized carbons (Fsp3) is 0.261. The smallest absolute Gasteiger partial charge is 0.294 e. The molecule has 7 nitrogen and oxygen atoms in total. The summed E-state index contributed by atoms with van der Waals surface area (Å²) in [5.74, 6) is -0.554. The molecule has 1 saturated heterocycles. The van der Waals surface area contributed by atoms with Gasteiger partial charge in [-0.15, -0.1) is 0 Å². The molecule has 0 spiro atoms. The van der Waals surface area contributed by atoms with Gasteiger partial charge in [0.2, 0.25) is 5.91 Å². The molecule has 0 radical (unpaired) electrons. The number of carbonyl (C=O) groups excluding carboxylic acids is 3. The maximum Gasteiger partial charge on any atom is 0.294 e. The van der Waals surface area contributed by atoms with Crippen LogP contribution < -0.4 is 14.8 Å². The lowest BCUT2D eigenvalue weighted by molar-refractivity contribution is -0.127. The number of imide groups is 1. The number of benzene rings is 2. The number of amides is 3. The predicted octanol–water partition coefficient (Wildman–Crippen LogP) is 5.29. The molecule has 2 aromatic carbocycles. The van der Waals surface area contributed by atoms with Crippen LogP contribution in [0.3, 0.4) is 0 Å². The van der Waals surface area contributed by atoms with E-state index in [4.69, 9.17) is 9.47 Å². The number of hydrogen-bond donors (Lipinski definition) is 1. The van der Waals surface area contributed by atoms with Gasteiger partial charge in [-0.3, -0.25) is 19.3 Å². The predicted molar refractivity (Wildman–Crippen MR) is 134 cm³/mol. The molecule has 1 N–H and O–H groups in total. The second-order valence-corrected chi connectivity index (χ2v) is 9.35. The Hall–Kier alpha value is -2.60. The van der Waals surface area contributed by atoms with Gasteiger partial charge < -0.3 is 14.8 Å². The average Bonchev–Trinajstić information content (AvgIpc) is 3.02. The van der Waals surface area contributed by atoms with Crippen LogP contribution in [0, 0.1) is 9.39 Å². The molecule has 0 saturated carbocycles. The number of halogens is 2. The number of anilines is 1. The van der Waals surface area contributed by atoms with Crippen LogP contribution in [-0.2, 0) is 9.59 Å². The summed E-state index contributed by atoms with van der Waals surface area (Å²) in [6, 6.07) is 8.91. The van der Waals surface area contributed by atoms with Crippen molar-refractivity contribution in [3.05, 3.63) is 56.3 Å². The molecule has 174 valence electrons. The van der Waals surface area contributed by atoms with Crippen LogP contribution >= 0.6 is 34.4 Å². The summed E-state index contributed by atoms with van der Waals surface area (Å²) < 4.78 is 25.5. The van der Waals surface area contributed by atoms with Crippen molar-refractivity contribution in [3.63, 3.8) is 0 Å². The summed E-state index contributed by atoms with van der Waals surface area (Å²) in [7, 11) is 1.53. The van der Waals surface area contributed by atoms with E-state index in [1.165, 1.54) is 25.3 Å². The number of methoxy groups -OCH3 is 1. The van der Waals surface area contributed by atoms with E-state index in [1.807, 2.05) is 19.9 Å². The van der Waals surface area contributed by atoms with Crippen molar-refractivity contribution in [1.82, 2.24) is 4.90 Å². The number of hydrogen-bond acceptors (Lipinski definition) is 6. The van der Waals surface area contributed by atoms with Crippen molar-refractivity contribution < 1.29 is 28.2 Å². The molecule has 0 aromatic heterocycles. The number of nitrogens with one attached hydrogen (secondary N) is 1. The third kappa shape index (κ3) is 6.26. The third-order valence-corrected chi connectivity index (χ3v) is 6.44. The standard InChI is InChI=1S/C23H22FIN2O5S/c1-4-13(2)32-21-17(25)8-14(9-18(21)31-3)10-19-22(29)27(23(30)33-19)12-20(28)26-16-7-5-6-15(24)11-16/h5-11,13H,4,12H2,1-3H3,(H,26,28)/b19-10+/t13-/m1/s1. The van der Waals surface area contributed by atoms with Gasteiger partial charge >= 0.3 is 0 Å². The maximum atomic E-state index is 13.3. The number of carbonyl (C=O) groups is 3. The molecule has 0 bridgehead atoms. The van der Waals surface area contributed by atoms with Crippen molar-refractivity contribution in [3.8, 4) is 11.5 Å². The SMILES string of the molecule is CC[C@@H](C)Oc1c(I)cc(/C=C2/SC(=O)N(CC(=O)Nc3cccc(F)c3)C2=O)cc1OC. The van der Waals surface area contributed by atoms with Crippen LogP contribution in [0.25, 0.3) is 6.08 Å². The summed E-state index contributed by atoms with van der Waals surface area (Å²) in [6.07, 6.45) is 2.42. The van der Waals surface area contributed by atoms with Gasteiger partial charge in [-0.25, -0.2) is 4.39 Å². The second kappa shape index (κ2) is 11.0. The molecule has 1 aliphatic heterocycles. The maximum absolute atomic E-state index is 13.3. The molecule has 3 amide bonds. The van der Waals surface area contributed by atoms with Gasteiger partial charge in [0.25, 0.3) is 11.1 Å². The van der Waals surface area contributed by atoms with Crippen LogP contribution in [0.15, 0.2) is 41.3 Å². The van der Waals surface area contributed by atoms with Gasteiger partial charge in [0.1, 0.15) is 12.4 Å². The van der Waals surface area contributed by atoms with Crippen LogP contribution in [0.5, 0.6) is 11.5 Å². The van der Waals surface area contributed by atoms with Crippen molar-refractivity contribution in [2.24, 2.45) is 0 Å². The Balaban J connectivity index is 1.76. The Bertz CT molecular complexity index is 1120. The Morgan fingerprint density at radius 1 is 1.30 bits per heavy atom. The number of thioether (sulfide) groups is 1. The minimum absolute atomic E-state index is 0.00768. The van der Waals surface area contributed by atoms with E-state index in [-0.39, 0.29) is 16.7 Å². The molecular formula is C23H22FIN2O5S. The highest BCUT2D eigenvalue weighted by Gasteiger charge is 2.36. The summed E-state index contributed by atoms with van der Waals surface area (Å²) in [5.41, 5.74) is 0.895. The first-order chi connectivity index (χ1) is 15.7. The van der Waals surface area contributed by atoms with Crippen LogP contribution in [0.4, 0.5) is 14.9 Å². The third-order valence-electron chi connectivity index (χ3n) is 4.73. The molecule has 1 heterocycles. The van der Waals surface area contributed by atoms with Gasteiger partial charge in [0.05, 0.1) is 21.7 Å². The minimum atomic E-state index is -0.605. The zero-order valence-corrected chi connectivity index (χ0v) is 21.2. The van der Waals surface area contributed by atoms with E-state index in [2.05, 4.69) is 27.9 Å². The minimum Gasteiger partial charge on any atom is -0.493 e. The largest absolute Gasteiger partial charge is 0.493 e. The van der Waals surface area contributed by atoms with Gasteiger partial charge in [-0.05, 0) is 89.7 Å². The molecule has 1 aliphatic rings. The van der Waals surface area contributed by atoms with Crippen molar-refractivity contribution in [1.29, 1.82) is 0 Å². The molecule has 33 heavy (non-hydrogen) atoms. The zero-order valence-electron chi connectivity index (χ0n) is 18.2. The molecule has 1 fully saturated rings. The lowest BCUT2D eigenvalue weighted by Crippen LogP contribution is -2.36. The number of ether oxygens (including phenoxy) is 2. The monoisotopic (exact) mass is 584 g/mol. The first-order valence-corrected chi connectivity index (χ1v) is 12.0. The Kier molecular flexibility index (Phi) is 8.35. The van der Waals surface area contributed by atoms with E-state index in [1.54, 1.807) is 12.1 Å². The highest BCUT2D eigenvalue weighted by atomic mass is 127. The van der Waals surface area contributed by atoms with Crippen LogP contribution in [0.2, 0.25) is 0 Å². The van der Waals surface area contributed by atoms with E-state index in [9.17, 15) is 18.8 Å². The lowest BCUT2D eigenvalue weighted by Gasteiger charge is -2.17. The zero-order chi connectivity index (χ0) is 24.1. The van der Waals surface area contributed by atoms with Crippen LogP contribution in [-0.4, -0.2) is 41.7 Å². The molecular weight excluding hydrogens is 562 g/mol. The first kappa shape index (κ1) is 25.0. The quantitative estimate of drug-likeness (QED) is 0.336. The average molecular weight is 584 g/mol. The number of nitrogens with zero attached hydrogens (tertiary/aromatic N) is 1. The summed E-state index contributed by atoms with van der Waals surface area (Å²) in [6.45, 7) is 3.51.